The molecule has 1 amide bonds. The van der Waals surface area contributed by atoms with Gasteiger partial charge in [-0.15, -0.1) is 0 Å². The van der Waals surface area contributed by atoms with Gasteiger partial charge in [0.2, 0.25) is 5.91 Å². The molecule has 0 heterocycles. The van der Waals surface area contributed by atoms with E-state index in [0.717, 1.165) is 11.4 Å². The van der Waals surface area contributed by atoms with Crippen LogP contribution < -0.4 is 15.0 Å². The van der Waals surface area contributed by atoms with Crippen LogP contribution in [-0.4, -0.2) is 43.7 Å². The lowest BCUT2D eigenvalue weighted by Gasteiger charge is -2.22. The Morgan fingerprint density at radius 1 is 1.32 bits per heavy atom. The number of likely N-dealkylation sites (N-methyl/N-ethyl adjacent to an activating group) is 1. The van der Waals surface area contributed by atoms with E-state index in [2.05, 4.69) is 5.32 Å². The number of carbonyl (C=O) groups excluding carboxylic acids is 1. The maximum absolute atomic E-state index is 11.6. The van der Waals surface area contributed by atoms with E-state index in [1.165, 1.54) is 0 Å². The third kappa shape index (κ3) is 4.87. The zero-order valence-corrected chi connectivity index (χ0v) is 11.0. The van der Waals surface area contributed by atoms with E-state index in [9.17, 15) is 9.59 Å². The molecular formula is C13H18N2O4. The molecule has 1 aromatic carbocycles. The van der Waals surface area contributed by atoms with Crippen molar-refractivity contribution in [3.8, 4) is 5.75 Å². The van der Waals surface area contributed by atoms with Crippen molar-refractivity contribution in [2.45, 2.75) is 6.92 Å². The summed E-state index contributed by atoms with van der Waals surface area (Å²) < 4.78 is 5.07. The zero-order chi connectivity index (χ0) is 14.3. The molecule has 0 aliphatic rings. The molecule has 104 valence electrons. The van der Waals surface area contributed by atoms with Crippen molar-refractivity contribution in [3.05, 3.63) is 24.3 Å². The number of carbonyl (C=O) groups is 2. The van der Waals surface area contributed by atoms with Gasteiger partial charge in [-0.3, -0.25) is 9.59 Å². The number of hydrogen-bond acceptors (Lipinski definition) is 4. The highest BCUT2D eigenvalue weighted by Crippen LogP contribution is 2.18. The van der Waals surface area contributed by atoms with Crippen molar-refractivity contribution in [2.75, 3.05) is 31.6 Å². The van der Waals surface area contributed by atoms with Crippen LogP contribution in [0, 0.1) is 0 Å². The quantitative estimate of drug-likeness (QED) is 0.760. The Hall–Kier alpha value is -2.24. The maximum atomic E-state index is 11.6. The molecular weight excluding hydrogens is 248 g/mol. The minimum Gasteiger partial charge on any atom is -0.497 e. The van der Waals surface area contributed by atoms with Crippen LogP contribution in [-0.2, 0) is 9.59 Å². The minimum atomic E-state index is -1.05. The van der Waals surface area contributed by atoms with Gasteiger partial charge in [0.25, 0.3) is 0 Å². The lowest BCUT2D eigenvalue weighted by molar-refractivity contribution is -0.137. The Morgan fingerprint density at radius 3 is 2.42 bits per heavy atom. The number of methoxy groups -OCH3 is 1. The van der Waals surface area contributed by atoms with Crippen molar-refractivity contribution >= 4 is 17.6 Å². The number of ether oxygens (including phenoxy) is 1. The summed E-state index contributed by atoms with van der Waals surface area (Å²) in [5.74, 6) is -0.629. The summed E-state index contributed by atoms with van der Waals surface area (Å²) in [4.78, 5) is 23.8. The number of rotatable bonds is 7. The first-order chi connectivity index (χ1) is 9.06. The molecule has 6 heteroatoms. The van der Waals surface area contributed by atoms with Gasteiger partial charge in [-0.05, 0) is 31.2 Å². The third-order valence-corrected chi connectivity index (χ3v) is 2.59. The largest absolute Gasteiger partial charge is 0.497 e. The fraction of sp³-hybridized carbons (Fsp3) is 0.385. The van der Waals surface area contributed by atoms with Crippen molar-refractivity contribution in [1.29, 1.82) is 0 Å². The second kappa shape index (κ2) is 7.25. The standard InChI is InChI=1S/C13H18N2O4/c1-3-15(9-12(16)14-8-13(17)18)10-4-6-11(19-2)7-5-10/h4-7H,3,8-9H2,1-2H3,(H,14,16)(H,17,18). The van der Waals surface area contributed by atoms with Crippen LogP contribution in [0.5, 0.6) is 5.75 Å². The highest BCUT2D eigenvalue weighted by molar-refractivity contribution is 5.84. The molecule has 0 aliphatic heterocycles. The van der Waals surface area contributed by atoms with Crippen molar-refractivity contribution in [1.82, 2.24) is 5.32 Å². The molecule has 6 nitrogen and oxygen atoms in total. The van der Waals surface area contributed by atoms with Crippen molar-refractivity contribution < 1.29 is 19.4 Å². The molecule has 0 saturated carbocycles. The van der Waals surface area contributed by atoms with Crippen molar-refractivity contribution in [3.63, 3.8) is 0 Å². The van der Waals surface area contributed by atoms with Gasteiger partial charge in [0.15, 0.2) is 0 Å². The lowest BCUT2D eigenvalue weighted by Crippen LogP contribution is -2.39. The maximum Gasteiger partial charge on any atom is 0.322 e. The average molecular weight is 266 g/mol. The van der Waals surface area contributed by atoms with E-state index in [0.29, 0.717) is 6.54 Å². The van der Waals surface area contributed by atoms with Gasteiger partial charge in [0.1, 0.15) is 12.3 Å². The molecule has 0 fully saturated rings. The summed E-state index contributed by atoms with van der Waals surface area (Å²) in [5, 5.41) is 10.8. The third-order valence-electron chi connectivity index (χ3n) is 2.59. The smallest absolute Gasteiger partial charge is 0.322 e. The Balaban J connectivity index is 2.61. The van der Waals surface area contributed by atoms with Crippen LogP contribution in [0.1, 0.15) is 6.92 Å². The average Bonchev–Trinajstić information content (AvgIpc) is 2.42. The first kappa shape index (κ1) is 14.8. The predicted molar refractivity (Wildman–Crippen MR) is 71.5 cm³/mol. The summed E-state index contributed by atoms with van der Waals surface area (Å²) in [6, 6.07) is 7.33. The highest BCUT2D eigenvalue weighted by Gasteiger charge is 2.10. The van der Waals surface area contributed by atoms with Crippen LogP contribution >= 0.6 is 0 Å². The van der Waals surface area contributed by atoms with Crippen LogP contribution in [0.4, 0.5) is 5.69 Å². The SMILES string of the molecule is CCN(CC(=O)NCC(=O)O)c1ccc(OC)cc1. The number of carboxylic acid groups (broad SMARTS) is 1. The fourth-order valence-corrected chi connectivity index (χ4v) is 1.58. The molecule has 0 bridgehead atoms. The summed E-state index contributed by atoms with van der Waals surface area (Å²) in [5.41, 5.74) is 0.883. The van der Waals surface area contributed by atoms with Crippen LogP contribution in [0.3, 0.4) is 0 Å². The summed E-state index contributed by atoms with van der Waals surface area (Å²) in [6.07, 6.45) is 0. The molecule has 0 unspecified atom stereocenters. The second-order valence-corrected chi connectivity index (χ2v) is 3.88. The van der Waals surface area contributed by atoms with E-state index in [-0.39, 0.29) is 19.0 Å². The molecule has 0 saturated heterocycles. The van der Waals surface area contributed by atoms with Gasteiger partial charge in [0.05, 0.1) is 13.7 Å². The van der Waals surface area contributed by atoms with Gasteiger partial charge >= 0.3 is 5.97 Å². The molecule has 0 radical (unpaired) electrons. The molecule has 0 aromatic heterocycles. The molecule has 1 rings (SSSR count). The van der Waals surface area contributed by atoms with Gasteiger partial charge in [-0.1, -0.05) is 0 Å². The number of hydrogen-bond donors (Lipinski definition) is 2. The van der Waals surface area contributed by atoms with Gasteiger partial charge in [0, 0.05) is 12.2 Å². The molecule has 0 atom stereocenters. The lowest BCUT2D eigenvalue weighted by atomic mass is 10.2. The Bertz CT molecular complexity index is 431. The zero-order valence-electron chi connectivity index (χ0n) is 11.0. The molecule has 1 aromatic rings. The Morgan fingerprint density at radius 2 is 1.95 bits per heavy atom. The van der Waals surface area contributed by atoms with E-state index >= 15 is 0 Å². The van der Waals surface area contributed by atoms with Crippen LogP contribution in [0.15, 0.2) is 24.3 Å². The summed E-state index contributed by atoms with van der Waals surface area (Å²) in [7, 11) is 1.59. The number of carboxylic acids is 1. The Labute approximate surface area is 112 Å². The first-order valence-electron chi connectivity index (χ1n) is 5.94. The summed E-state index contributed by atoms with van der Waals surface area (Å²) in [6.45, 7) is 2.33. The number of amides is 1. The van der Waals surface area contributed by atoms with Crippen LogP contribution in [0.25, 0.3) is 0 Å². The van der Waals surface area contributed by atoms with Gasteiger partial charge in [-0.2, -0.15) is 0 Å². The molecule has 0 aliphatic carbocycles. The molecule has 19 heavy (non-hydrogen) atoms. The number of nitrogens with one attached hydrogen (secondary N) is 1. The number of nitrogens with zero attached hydrogens (tertiary/aromatic N) is 1. The van der Waals surface area contributed by atoms with Crippen LogP contribution in [0.2, 0.25) is 0 Å². The molecule has 0 spiro atoms. The number of benzene rings is 1. The fourth-order valence-electron chi connectivity index (χ4n) is 1.58. The summed E-state index contributed by atoms with van der Waals surface area (Å²) >= 11 is 0. The highest BCUT2D eigenvalue weighted by atomic mass is 16.5. The van der Waals surface area contributed by atoms with E-state index in [1.807, 2.05) is 36.1 Å². The number of anilines is 1. The normalized spacial score (nSPS) is 9.79. The van der Waals surface area contributed by atoms with Crippen molar-refractivity contribution in [2.24, 2.45) is 0 Å². The Kier molecular flexibility index (Phi) is 5.66. The second-order valence-electron chi connectivity index (χ2n) is 3.88. The molecule has 2 N–H and O–H groups in total. The first-order valence-corrected chi connectivity index (χ1v) is 5.94. The van der Waals surface area contributed by atoms with Gasteiger partial charge < -0.3 is 20.1 Å². The number of aliphatic carboxylic acids is 1. The van der Waals surface area contributed by atoms with E-state index in [1.54, 1.807) is 7.11 Å². The predicted octanol–water partition coefficient (Wildman–Crippen LogP) is 0.722. The van der Waals surface area contributed by atoms with E-state index < -0.39 is 5.97 Å². The topological polar surface area (TPSA) is 78.9 Å². The van der Waals surface area contributed by atoms with Gasteiger partial charge in [-0.25, -0.2) is 0 Å². The minimum absolute atomic E-state index is 0.121. The van der Waals surface area contributed by atoms with E-state index in [4.69, 9.17) is 9.84 Å². The monoisotopic (exact) mass is 266 g/mol.